The summed E-state index contributed by atoms with van der Waals surface area (Å²) in [7, 11) is 3.66. The number of carbonyl (C=O) groups excluding carboxylic acids is 1. The van der Waals surface area contributed by atoms with Crippen LogP contribution in [0.5, 0.6) is 11.5 Å². The molecule has 2 fully saturated rings. The lowest BCUT2D eigenvalue weighted by atomic mass is 9.77. The second-order valence-corrected chi connectivity index (χ2v) is 11.0. The second-order valence-electron chi connectivity index (χ2n) is 11.0. The number of carbonyl (C=O) groups is 1. The van der Waals surface area contributed by atoms with Gasteiger partial charge in [0.25, 0.3) is 0 Å². The molecule has 7 rings (SSSR count). The van der Waals surface area contributed by atoms with Gasteiger partial charge in [0.15, 0.2) is 23.7 Å². The van der Waals surface area contributed by atoms with E-state index in [0.717, 1.165) is 55.0 Å². The predicted molar refractivity (Wildman–Crippen MR) is 139 cm³/mol. The minimum absolute atomic E-state index is 0.109. The highest BCUT2D eigenvalue weighted by atomic mass is 16.7. The topological polar surface area (TPSA) is 69.7 Å². The zero-order valence-corrected chi connectivity index (χ0v) is 22.1. The molecule has 38 heavy (non-hydrogen) atoms. The first kappa shape index (κ1) is 24.0. The maximum absolute atomic E-state index is 14.0. The molecule has 2 aromatic carbocycles. The summed E-state index contributed by atoms with van der Waals surface area (Å²) in [6.07, 6.45) is 3.69. The second kappa shape index (κ2) is 9.00. The number of nitrogens with zero attached hydrogens (tertiary/aromatic N) is 2. The number of methoxy groups -OCH3 is 1. The van der Waals surface area contributed by atoms with Crippen LogP contribution in [0.1, 0.15) is 48.4 Å². The SMILES string of the molecule is COC1=CC23CCCN2CCc2cc4c(cc2C3C1OC(=O)C1OC(C)N(C)C1c1ccccc1)OCO4. The highest BCUT2D eigenvalue weighted by Crippen LogP contribution is 2.55. The molecule has 0 N–H and O–H groups in total. The zero-order chi connectivity index (χ0) is 26.0. The number of likely N-dealkylation sites (N-methyl/N-ethyl adjacent to an activating group) is 1. The number of hydrogen-bond acceptors (Lipinski definition) is 8. The summed E-state index contributed by atoms with van der Waals surface area (Å²) in [6, 6.07) is 14.0. The Morgan fingerprint density at radius 2 is 1.89 bits per heavy atom. The number of ether oxygens (including phenoxy) is 5. The van der Waals surface area contributed by atoms with Gasteiger partial charge in [-0.3, -0.25) is 9.80 Å². The highest BCUT2D eigenvalue weighted by Gasteiger charge is 2.59. The summed E-state index contributed by atoms with van der Waals surface area (Å²) >= 11 is 0. The Balaban J connectivity index is 1.27. The lowest BCUT2D eigenvalue weighted by Crippen LogP contribution is -2.48. The van der Waals surface area contributed by atoms with Crippen LogP contribution in [0, 0.1) is 0 Å². The molecular formula is C30H34N2O6. The monoisotopic (exact) mass is 518 g/mol. The van der Waals surface area contributed by atoms with E-state index in [-0.39, 0.29) is 36.5 Å². The molecule has 0 aromatic heterocycles. The Morgan fingerprint density at radius 1 is 1.11 bits per heavy atom. The van der Waals surface area contributed by atoms with E-state index in [1.807, 2.05) is 44.3 Å². The first-order valence-corrected chi connectivity index (χ1v) is 13.6. The van der Waals surface area contributed by atoms with Crippen molar-refractivity contribution in [3.8, 4) is 11.5 Å². The van der Waals surface area contributed by atoms with Gasteiger partial charge in [-0.1, -0.05) is 30.3 Å². The molecule has 8 heteroatoms. The molecule has 200 valence electrons. The molecule has 2 saturated heterocycles. The van der Waals surface area contributed by atoms with E-state index in [1.165, 1.54) is 5.56 Å². The number of hydrogen-bond donors (Lipinski definition) is 0. The molecule has 5 aliphatic rings. The predicted octanol–water partition coefficient (Wildman–Crippen LogP) is 3.76. The Bertz CT molecular complexity index is 1280. The van der Waals surface area contributed by atoms with E-state index in [2.05, 4.69) is 28.0 Å². The van der Waals surface area contributed by atoms with E-state index in [1.54, 1.807) is 7.11 Å². The molecule has 4 aliphatic heterocycles. The summed E-state index contributed by atoms with van der Waals surface area (Å²) in [4.78, 5) is 18.6. The lowest BCUT2D eigenvalue weighted by Gasteiger charge is -2.39. The van der Waals surface area contributed by atoms with Crippen molar-refractivity contribution in [2.45, 2.75) is 62.1 Å². The lowest BCUT2D eigenvalue weighted by molar-refractivity contribution is -0.163. The number of fused-ring (bicyclic) bond motifs is 3. The fraction of sp³-hybridized carbons (Fsp3) is 0.500. The van der Waals surface area contributed by atoms with E-state index in [9.17, 15) is 4.79 Å². The van der Waals surface area contributed by atoms with Crippen LogP contribution in [0.2, 0.25) is 0 Å². The van der Waals surface area contributed by atoms with Crippen LogP contribution in [0.15, 0.2) is 54.3 Å². The molecule has 0 amide bonds. The molecule has 1 spiro atoms. The standard InChI is InChI=1S/C30H34N2O6/c1-18-31(2)26(19-8-5-4-6-9-19)28(37-18)29(33)38-27-24(34-3)16-30-11-7-12-32(30)13-10-20-14-22-23(36-17-35-22)15-21(20)25(27)30/h4-6,8-9,14-16,18,25-28H,7,10-13,17H2,1-3H3. The largest absolute Gasteiger partial charge is 0.497 e. The van der Waals surface area contributed by atoms with Gasteiger partial charge in [0.1, 0.15) is 12.0 Å². The summed E-state index contributed by atoms with van der Waals surface area (Å²) in [5.74, 6) is 1.77. The van der Waals surface area contributed by atoms with Gasteiger partial charge in [0, 0.05) is 6.54 Å². The molecule has 6 unspecified atom stereocenters. The molecule has 6 atom stereocenters. The molecule has 8 nitrogen and oxygen atoms in total. The fourth-order valence-corrected chi connectivity index (χ4v) is 7.35. The van der Waals surface area contributed by atoms with E-state index >= 15 is 0 Å². The third kappa shape index (κ3) is 3.50. The van der Waals surface area contributed by atoms with Crippen molar-refractivity contribution >= 4 is 5.97 Å². The molecule has 1 aliphatic carbocycles. The van der Waals surface area contributed by atoms with Gasteiger partial charge < -0.3 is 23.7 Å². The Hall–Kier alpha value is -3.07. The summed E-state index contributed by atoms with van der Waals surface area (Å²) in [5.41, 5.74) is 3.13. The molecule has 0 radical (unpaired) electrons. The fourth-order valence-electron chi connectivity index (χ4n) is 7.35. The van der Waals surface area contributed by atoms with Crippen molar-refractivity contribution < 1.29 is 28.5 Å². The van der Waals surface area contributed by atoms with Gasteiger partial charge in [-0.2, -0.15) is 0 Å². The summed E-state index contributed by atoms with van der Waals surface area (Å²) in [5, 5.41) is 0. The third-order valence-electron chi connectivity index (χ3n) is 9.22. The van der Waals surface area contributed by atoms with Crippen LogP contribution >= 0.6 is 0 Å². The van der Waals surface area contributed by atoms with Crippen molar-refractivity contribution in [1.29, 1.82) is 0 Å². The Kier molecular flexibility index (Phi) is 5.69. The van der Waals surface area contributed by atoms with Crippen LogP contribution in [-0.2, 0) is 25.4 Å². The van der Waals surface area contributed by atoms with Crippen molar-refractivity contribution in [3.05, 3.63) is 71.0 Å². The minimum atomic E-state index is -0.742. The van der Waals surface area contributed by atoms with Gasteiger partial charge in [0.05, 0.1) is 24.6 Å². The average Bonchev–Trinajstić information content (AvgIpc) is 3.68. The average molecular weight is 519 g/mol. The maximum Gasteiger partial charge on any atom is 0.338 e. The Morgan fingerprint density at radius 3 is 2.68 bits per heavy atom. The quantitative estimate of drug-likeness (QED) is 0.567. The van der Waals surface area contributed by atoms with Crippen LogP contribution in [0.3, 0.4) is 0 Å². The molecular weight excluding hydrogens is 484 g/mol. The first-order chi connectivity index (χ1) is 18.5. The van der Waals surface area contributed by atoms with Gasteiger partial charge in [-0.05, 0) is 74.7 Å². The number of rotatable bonds is 4. The van der Waals surface area contributed by atoms with Gasteiger partial charge >= 0.3 is 5.97 Å². The van der Waals surface area contributed by atoms with Gasteiger partial charge in [0.2, 0.25) is 6.79 Å². The van der Waals surface area contributed by atoms with Crippen molar-refractivity contribution in [3.63, 3.8) is 0 Å². The molecule has 0 saturated carbocycles. The van der Waals surface area contributed by atoms with Gasteiger partial charge in [-0.15, -0.1) is 0 Å². The molecule has 4 heterocycles. The van der Waals surface area contributed by atoms with Crippen molar-refractivity contribution in [1.82, 2.24) is 9.80 Å². The van der Waals surface area contributed by atoms with E-state index in [4.69, 9.17) is 23.7 Å². The van der Waals surface area contributed by atoms with Crippen molar-refractivity contribution in [2.75, 3.05) is 34.0 Å². The van der Waals surface area contributed by atoms with E-state index < -0.39 is 12.2 Å². The van der Waals surface area contributed by atoms with Crippen LogP contribution < -0.4 is 9.47 Å². The first-order valence-electron chi connectivity index (χ1n) is 13.6. The van der Waals surface area contributed by atoms with Crippen LogP contribution in [-0.4, -0.2) is 73.8 Å². The molecule has 0 bridgehead atoms. The number of benzene rings is 2. The van der Waals surface area contributed by atoms with E-state index in [0.29, 0.717) is 5.76 Å². The highest BCUT2D eigenvalue weighted by molar-refractivity contribution is 5.77. The van der Waals surface area contributed by atoms with Crippen LogP contribution in [0.25, 0.3) is 0 Å². The van der Waals surface area contributed by atoms with Crippen molar-refractivity contribution in [2.24, 2.45) is 0 Å². The zero-order valence-electron chi connectivity index (χ0n) is 22.1. The normalized spacial score (nSPS) is 33.8. The summed E-state index contributed by atoms with van der Waals surface area (Å²) in [6.45, 7) is 4.14. The smallest absolute Gasteiger partial charge is 0.338 e. The molecule has 2 aromatic rings. The number of esters is 1. The third-order valence-corrected chi connectivity index (χ3v) is 9.22. The summed E-state index contributed by atoms with van der Waals surface area (Å²) < 4.78 is 30.1. The Labute approximate surface area is 223 Å². The minimum Gasteiger partial charge on any atom is -0.497 e. The van der Waals surface area contributed by atoms with Gasteiger partial charge in [-0.25, -0.2) is 4.79 Å². The maximum atomic E-state index is 14.0. The van der Waals surface area contributed by atoms with Crippen LogP contribution in [0.4, 0.5) is 0 Å².